The van der Waals surface area contributed by atoms with Crippen LogP contribution in [0.3, 0.4) is 0 Å². The van der Waals surface area contributed by atoms with E-state index in [0.717, 1.165) is 16.9 Å². The molecule has 0 aliphatic rings. The topological polar surface area (TPSA) is 35.2 Å². The molecular formula is C15H15Cl2NO. The Morgan fingerprint density at radius 3 is 2.16 bits per heavy atom. The Morgan fingerprint density at radius 2 is 1.63 bits per heavy atom. The Hall–Kier alpha value is -1.22. The van der Waals surface area contributed by atoms with Crippen LogP contribution >= 0.6 is 23.2 Å². The predicted octanol–water partition coefficient (Wildman–Crippen LogP) is 4.24. The van der Waals surface area contributed by atoms with E-state index in [1.165, 1.54) is 0 Å². The van der Waals surface area contributed by atoms with Crippen LogP contribution in [0.2, 0.25) is 10.0 Å². The predicted molar refractivity (Wildman–Crippen MR) is 80.1 cm³/mol. The third kappa shape index (κ3) is 3.41. The van der Waals surface area contributed by atoms with Crippen LogP contribution in [0.4, 0.5) is 0 Å². The van der Waals surface area contributed by atoms with Crippen molar-refractivity contribution in [2.45, 2.75) is 12.5 Å². The maximum absolute atomic E-state index is 6.20. The first-order chi connectivity index (χ1) is 9.11. The average Bonchev–Trinajstić information content (AvgIpc) is 2.39. The Balaban J connectivity index is 2.18. The van der Waals surface area contributed by atoms with Gasteiger partial charge in [-0.3, -0.25) is 0 Å². The minimum atomic E-state index is -0.227. The molecular weight excluding hydrogens is 281 g/mol. The van der Waals surface area contributed by atoms with Crippen LogP contribution in [-0.4, -0.2) is 7.11 Å². The molecule has 0 spiro atoms. The Labute approximate surface area is 123 Å². The van der Waals surface area contributed by atoms with E-state index in [2.05, 4.69) is 0 Å². The van der Waals surface area contributed by atoms with Gasteiger partial charge in [-0.2, -0.15) is 0 Å². The second-order valence-electron chi connectivity index (χ2n) is 4.29. The fourth-order valence-electron chi connectivity index (χ4n) is 1.98. The van der Waals surface area contributed by atoms with Gasteiger partial charge >= 0.3 is 0 Å². The Morgan fingerprint density at radius 1 is 1.05 bits per heavy atom. The highest BCUT2D eigenvalue weighted by Gasteiger charge is 2.14. The second-order valence-corrected chi connectivity index (χ2v) is 5.11. The van der Waals surface area contributed by atoms with E-state index in [4.69, 9.17) is 33.7 Å². The first-order valence-corrected chi connectivity index (χ1v) is 6.70. The van der Waals surface area contributed by atoms with Gasteiger partial charge in [0, 0.05) is 21.7 Å². The standard InChI is InChI=1S/C15H15Cl2NO/c1-19-11-7-5-10(6-8-11)9-14(18)15-12(16)3-2-4-13(15)17/h2-8,14H,9,18H2,1H3. The quantitative estimate of drug-likeness (QED) is 0.915. The zero-order valence-corrected chi connectivity index (χ0v) is 12.1. The summed E-state index contributed by atoms with van der Waals surface area (Å²) in [4.78, 5) is 0. The van der Waals surface area contributed by atoms with Gasteiger partial charge in [0.05, 0.1) is 7.11 Å². The van der Waals surface area contributed by atoms with Gasteiger partial charge in [-0.05, 0) is 36.2 Å². The normalized spacial score (nSPS) is 12.2. The van der Waals surface area contributed by atoms with Crippen LogP contribution in [0.1, 0.15) is 17.2 Å². The zero-order valence-electron chi connectivity index (χ0n) is 10.6. The molecule has 1 unspecified atom stereocenters. The van der Waals surface area contributed by atoms with Crippen molar-refractivity contribution in [3.05, 3.63) is 63.6 Å². The molecule has 0 radical (unpaired) electrons. The van der Waals surface area contributed by atoms with Crippen molar-refractivity contribution >= 4 is 23.2 Å². The molecule has 0 saturated heterocycles. The average molecular weight is 296 g/mol. The van der Waals surface area contributed by atoms with Crippen LogP contribution in [0.25, 0.3) is 0 Å². The third-order valence-corrected chi connectivity index (χ3v) is 3.64. The van der Waals surface area contributed by atoms with E-state index in [9.17, 15) is 0 Å². The molecule has 0 saturated carbocycles. The van der Waals surface area contributed by atoms with Gasteiger partial charge < -0.3 is 10.5 Å². The van der Waals surface area contributed by atoms with Crippen LogP contribution in [0, 0.1) is 0 Å². The van der Waals surface area contributed by atoms with E-state index >= 15 is 0 Å². The summed E-state index contributed by atoms with van der Waals surface area (Å²) in [5, 5.41) is 1.21. The van der Waals surface area contributed by atoms with Crippen molar-refractivity contribution in [2.24, 2.45) is 5.73 Å². The van der Waals surface area contributed by atoms with Gasteiger partial charge in [0.15, 0.2) is 0 Å². The maximum atomic E-state index is 6.20. The number of methoxy groups -OCH3 is 1. The van der Waals surface area contributed by atoms with E-state index in [1.54, 1.807) is 19.2 Å². The summed E-state index contributed by atoms with van der Waals surface area (Å²) in [6.45, 7) is 0. The molecule has 0 amide bonds. The summed E-state index contributed by atoms with van der Waals surface area (Å²) in [5.41, 5.74) is 8.11. The third-order valence-electron chi connectivity index (χ3n) is 2.99. The van der Waals surface area contributed by atoms with E-state index in [0.29, 0.717) is 16.5 Å². The molecule has 19 heavy (non-hydrogen) atoms. The fourth-order valence-corrected chi connectivity index (χ4v) is 2.66. The van der Waals surface area contributed by atoms with Crippen molar-refractivity contribution < 1.29 is 4.74 Å². The molecule has 0 bridgehead atoms. The first-order valence-electron chi connectivity index (χ1n) is 5.94. The van der Waals surface area contributed by atoms with Crippen LogP contribution in [0.5, 0.6) is 5.75 Å². The summed E-state index contributed by atoms with van der Waals surface area (Å²) in [7, 11) is 1.64. The minimum Gasteiger partial charge on any atom is -0.497 e. The highest BCUT2D eigenvalue weighted by molar-refractivity contribution is 6.36. The van der Waals surface area contributed by atoms with Crippen molar-refractivity contribution in [3.8, 4) is 5.75 Å². The number of hydrogen-bond acceptors (Lipinski definition) is 2. The van der Waals surface area contributed by atoms with Gasteiger partial charge in [-0.1, -0.05) is 41.4 Å². The Bertz CT molecular complexity index is 534. The number of halogens is 2. The van der Waals surface area contributed by atoms with E-state index in [1.807, 2.05) is 30.3 Å². The lowest BCUT2D eigenvalue weighted by molar-refractivity contribution is 0.414. The number of benzene rings is 2. The van der Waals surface area contributed by atoms with Crippen molar-refractivity contribution in [2.75, 3.05) is 7.11 Å². The summed E-state index contributed by atoms with van der Waals surface area (Å²) < 4.78 is 5.12. The molecule has 0 aromatic heterocycles. The van der Waals surface area contributed by atoms with Crippen molar-refractivity contribution in [3.63, 3.8) is 0 Å². The van der Waals surface area contributed by atoms with Gasteiger partial charge in [0.25, 0.3) is 0 Å². The van der Waals surface area contributed by atoms with Gasteiger partial charge in [0.1, 0.15) is 5.75 Å². The molecule has 0 aliphatic heterocycles. The molecule has 0 fully saturated rings. The molecule has 0 aliphatic carbocycles. The Kier molecular flexibility index (Phi) is 4.70. The molecule has 2 aromatic carbocycles. The largest absolute Gasteiger partial charge is 0.497 e. The summed E-state index contributed by atoms with van der Waals surface area (Å²) in [6.07, 6.45) is 0.674. The molecule has 4 heteroatoms. The molecule has 0 heterocycles. The lowest BCUT2D eigenvalue weighted by Gasteiger charge is -2.15. The van der Waals surface area contributed by atoms with E-state index in [-0.39, 0.29) is 6.04 Å². The van der Waals surface area contributed by atoms with Gasteiger partial charge in [0.2, 0.25) is 0 Å². The first kappa shape index (κ1) is 14.2. The smallest absolute Gasteiger partial charge is 0.118 e. The highest BCUT2D eigenvalue weighted by Crippen LogP contribution is 2.31. The lowest BCUT2D eigenvalue weighted by atomic mass is 9.99. The zero-order chi connectivity index (χ0) is 13.8. The van der Waals surface area contributed by atoms with Gasteiger partial charge in [-0.25, -0.2) is 0 Å². The molecule has 2 N–H and O–H groups in total. The number of hydrogen-bond donors (Lipinski definition) is 1. The molecule has 1 atom stereocenters. The van der Waals surface area contributed by atoms with Gasteiger partial charge in [-0.15, -0.1) is 0 Å². The second kappa shape index (κ2) is 6.29. The monoisotopic (exact) mass is 295 g/mol. The molecule has 2 aromatic rings. The molecule has 2 nitrogen and oxygen atoms in total. The maximum Gasteiger partial charge on any atom is 0.118 e. The summed E-state index contributed by atoms with van der Waals surface area (Å²) in [6, 6.07) is 13.0. The highest BCUT2D eigenvalue weighted by atomic mass is 35.5. The summed E-state index contributed by atoms with van der Waals surface area (Å²) >= 11 is 12.3. The SMILES string of the molecule is COc1ccc(CC(N)c2c(Cl)cccc2Cl)cc1. The van der Waals surface area contributed by atoms with Crippen molar-refractivity contribution in [1.82, 2.24) is 0 Å². The molecule has 2 rings (SSSR count). The van der Waals surface area contributed by atoms with Crippen LogP contribution < -0.4 is 10.5 Å². The van der Waals surface area contributed by atoms with Crippen molar-refractivity contribution in [1.29, 1.82) is 0 Å². The number of rotatable bonds is 4. The molecule has 100 valence electrons. The fraction of sp³-hybridized carbons (Fsp3) is 0.200. The summed E-state index contributed by atoms with van der Waals surface area (Å²) in [5.74, 6) is 0.827. The van der Waals surface area contributed by atoms with Crippen LogP contribution in [-0.2, 0) is 6.42 Å². The lowest BCUT2D eigenvalue weighted by Crippen LogP contribution is -2.14. The van der Waals surface area contributed by atoms with E-state index < -0.39 is 0 Å². The number of ether oxygens (including phenoxy) is 1. The minimum absolute atomic E-state index is 0.227. The number of nitrogens with two attached hydrogens (primary N) is 1. The van der Waals surface area contributed by atoms with Crippen LogP contribution in [0.15, 0.2) is 42.5 Å².